The second-order valence-electron chi connectivity index (χ2n) is 7.24. The highest BCUT2D eigenvalue weighted by Crippen LogP contribution is 2.32. The van der Waals surface area contributed by atoms with Crippen molar-refractivity contribution >= 4 is 0 Å². The molecule has 0 N–H and O–H groups in total. The van der Waals surface area contributed by atoms with E-state index in [0.29, 0.717) is 0 Å². The third-order valence-corrected chi connectivity index (χ3v) is 5.26. The molecule has 2 atom stereocenters. The molecule has 0 aromatic rings. The maximum Gasteiger partial charge on any atom is 0.00387 e. The fourth-order valence-corrected chi connectivity index (χ4v) is 3.77. The molecule has 0 bridgehead atoms. The van der Waals surface area contributed by atoms with Gasteiger partial charge in [-0.3, -0.25) is 0 Å². The highest BCUT2D eigenvalue weighted by Gasteiger charge is 2.29. The number of likely N-dealkylation sites (tertiary alicyclic amines) is 1. The van der Waals surface area contributed by atoms with Crippen molar-refractivity contribution in [1.82, 2.24) is 4.90 Å². The SMILES string of the molecule is CCCCCCC(CCCCC)C1CCN(C(C)C)C1. The van der Waals surface area contributed by atoms with Crippen LogP contribution in [-0.2, 0) is 0 Å². The van der Waals surface area contributed by atoms with Crippen LogP contribution in [0.15, 0.2) is 0 Å². The number of hydrogen-bond donors (Lipinski definition) is 0. The van der Waals surface area contributed by atoms with Gasteiger partial charge in [-0.05, 0) is 38.6 Å². The number of rotatable bonds is 11. The molecule has 1 nitrogen and oxygen atoms in total. The zero-order valence-electron chi connectivity index (χ0n) is 14.7. The second-order valence-corrected chi connectivity index (χ2v) is 7.24. The van der Waals surface area contributed by atoms with E-state index in [0.717, 1.165) is 17.9 Å². The zero-order valence-corrected chi connectivity index (χ0v) is 14.7. The number of nitrogens with zero attached hydrogens (tertiary/aromatic N) is 1. The molecule has 0 aromatic carbocycles. The summed E-state index contributed by atoms with van der Waals surface area (Å²) in [5.41, 5.74) is 0. The molecule has 1 heteroatoms. The normalized spacial score (nSPS) is 21.8. The van der Waals surface area contributed by atoms with Crippen molar-refractivity contribution in [2.45, 2.75) is 97.9 Å². The van der Waals surface area contributed by atoms with Crippen molar-refractivity contribution in [3.05, 3.63) is 0 Å². The predicted octanol–water partition coefficient (Wildman–Crippen LogP) is 5.88. The van der Waals surface area contributed by atoms with Gasteiger partial charge in [0.1, 0.15) is 0 Å². The lowest BCUT2D eigenvalue weighted by Gasteiger charge is -2.25. The molecule has 0 spiro atoms. The molecule has 0 aromatic heterocycles. The van der Waals surface area contributed by atoms with Gasteiger partial charge in [-0.25, -0.2) is 0 Å². The summed E-state index contributed by atoms with van der Waals surface area (Å²) in [6.45, 7) is 12.1. The summed E-state index contributed by atoms with van der Waals surface area (Å²) in [7, 11) is 0. The minimum atomic E-state index is 0.747. The molecule has 120 valence electrons. The summed E-state index contributed by atoms with van der Waals surface area (Å²) in [6, 6.07) is 0.747. The summed E-state index contributed by atoms with van der Waals surface area (Å²) in [4.78, 5) is 2.70. The Bertz CT molecular complexity index is 224. The zero-order chi connectivity index (χ0) is 14.8. The lowest BCUT2D eigenvalue weighted by Crippen LogP contribution is -2.29. The van der Waals surface area contributed by atoms with Gasteiger partial charge in [-0.2, -0.15) is 0 Å². The molecule has 1 rings (SSSR count). The predicted molar refractivity (Wildman–Crippen MR) is 91.2 cm³/mol. The molecule has 0 saturated carbocycles. The Morgan fingerprint density at radius 3 is 2.05 bits per heavy atom. The molecular weight excluding hydrogens is 242 g/mol. The van der Waals surface area contributed by atoms with Gasteiger partial charge in [0.05, 0.1) is 0 Å². The fraction of sp³-hybridized carbons (Fsp3) is 1.00. The van der Waals surface area contributed by atoms with E-state index in [9.17, 15) is 0 Å². The average molecular weight is 282 g/mol. The summed E-state index contributed by atoms with van der Waals surface area (Å²) in [6.07, 6.45) is 14.5. The van der Waals surface area contributed by atoms with E-state index in [1.807, 2.05) is 0 Å². The monoisotopic (exact) mass is 281 g/mol. The van der Waals surface area contributed by atoms with Crippen LogP contribution in [0.4, 0.5) is 0 Å². The Kier molecular flexibility index (Phi) is 9.59. The molecule has 1 aliphatic rings. The van der Waals surface area contributed by atoms with Crippen molar-refractivity contribution < 1.29 is 0 Å². The average Bonchev–Trinajstić information content (AvgIpc) is 2.91. The topological polar surface area (TPSA) is 3.24 Å². The Balaban J connectivity index is 2.36. The molecule has 1 heterocycles. The molecule has 0 amide bonds. The first-order valence-electron chi connectivity index (χ1n) is 9.43. The number of unbranched alkanes of at least 4 members (excludes halogenated alkanes) is 5. The van der Waals surface area contributed by atoms with Gasteiger partial charge in [0.2, 0.25) is 0 Å². The van der Waals surface area contributed by atoms with Gasteiger partial charge in [0.25, 0.3) is 0 Å². The van der Waals surface area contributed by atoms with E-state index in [4.69, 9.17) is 0 Å². The Morgan fingerprint density at radius 1 is 0.900 bits per heavy atom. The highest BCUT2D eigenvalue weighted by atomic mass is 15.2. The van der Waals surface area contributed by atoms with Crippen molar-refractivity contribution in [2.75, 3.05) is 13.1 Å². The van der Waals surface area contributed by atoms with E-state index in [-0.39, 0.29) is 0 Å². The van der Waals surface area contributed by atoms with E-state index >= 15 is 0 Å². The Morgan fingerprint density at radius 2 is 1.50 bits per heavy atom. The van der Waals surface area contributed by atoms with Crippen LogP contribution in [0.1, 0.15) is 91.9 Å². The first-order valence-corrected chi connectivity index (χ1v) is 9.43. The van der Waals surface area contributed by atoms with Crippen LogP contribution in [0, 0.1) is 11.8 Å². The molecule has 1 saturated heterocycles. The minimum absolute atomic E-state index is 0.747. The van der Waals surface area contributed by atoms with Crippen LogP contribution in [0.25, 0.3) is 0 Å². The quantitative estimate of drug-likeness (QED) is 0.427. The molecule has 0 aliphatic carbocycles. The van der Waals surface area contributed by atoms with E-state index in [1.165, 1.54) is 77.3 Å². The van der Waals surface area contributed by atoms with Gasteiger partial charge in [-0.1, -0.05) is 71.6 Å². The van der Waals surface area contributed by atoms with Crippen LogP contribution in [-0.4, -0.2) is 24.0 Å². The first-order chi connectivity index (χ1) is 9.69. The van der Waals surface area contributed by atoms with Gasteiger partial charge in [0, 0.05) is 12.6 Å². The van der Waals surface area contributed by atoms with Crippen molar-refractivity contribution in [1.29, 1.82) is 0 Å². The van der Waals surface area contributed by atoms with Gasteiger partial charge in [-0.15, -0.1) is 0 Å². The lowest BCUT2D eigenvalue weighted by molar-refractivity contribution is 0.230. The summed E-state index contributed by atoms with van der Waals surface area (Å²) >= 11 is 0. The summed E-state index contributed by atoms with van der Waals surface area (Å²) < 4.78 is 0. The molecular formula is C19H39N. The van der Waals surface area contributed by atoms with Gasteiger partial charge >= 0.3 is 0 Å². The van der Waals surface area contributed by atoms with E-state index < -0.39 is 0 Å². The van der Waals surface area contributed by atoms with Crippen LogP contribution >= 0.6 is 0 Å². The van der Waals surface area contributed by atoms with E-state index in [1.54, 1.807) is 0 Å². The smallest absolute Gasteiger partial charge is 0.00387 e. The first kappa shape index (κ1) is 18.0. The number of hydrogen-bond acceptors (Lipinski definition) is 1. The van der Waals surface area contributed by atoms with Crippen molar-refractivity contribution in [2.24, 2.45) is 11.8 Å². The van der Waals surface area contributed by atoms with Crippen LogP contribution < -0.4 is 0 Å². The standard InChI is InChI=1S/C19H39N/c1-5-7-9-11-13-18(12-10-8-6-2)19-14-15-20(16-19)17(3)4/h17-19H,5-16H2,1-4H3. The minimum Gasteiger partial charge on any atom is -0.301 e. The van der Waals surface area contributed by atoms with Gasteiger partial charge < -0.3 is 4.90 Å². The third-order valence-electron chi connectivity index (χ3n) is 5.26. The maximum atomic E-state index is 2.70. The second kappa shape index (κ2) is 10.7. The molecule has 0 radical (unpaired) electrons. The largest absolute Gasteiger partial charge is 0.301 e. The van der Waals surface area contributed by atoms with Crippen LogP contribution in [0.5, 0.6) is 0 Å². The Labute approximate surface area is 128 Å². The molecule has 2 unspecified atom stereocenters. The van der Waals surface area contributed by atoms with Crippen molar-refractivity contribution in [3.8, 4) is 0 Å². The van der Waals surface area contributed by atoms with E-state index in [2.05, 4.69) is 32.6 Å². The maximum absolute atomic E-state index is 2.70. The molecule has 1 aliphatic heterocycles. The lowest BCUT2D eigenvalue weighted by atomic mass is 9.83. The molecule has 20 heavy (non-hydrogen) atoms. The fourth-order valence-electron chi connectivity index (χ4n) is 3.77. The molecule has 1 fully saturated rings. The summed E-state index contributed by atoms with van der Waals surface area (Å²) in [5, 5.41) is 0. The highest BCUT2D eigenvalue weighted by molar-refractivity contribution is 4.82. The summed E-state index contributed by atoms with van der Waals surface area (Å²) in [5.74, 6) is 2.01. The third kappa shape index (κ3) is 6.61. The Hall–Kier alpha value is -0.0400. The van der Waals surface area contributed by atoms with Gasteiger partial charge in [0.15, 0.2) is 0 Å². The van der Waals surface area contributed by atoms with Crippen LogP contribution in [0.2, 0.25) is 0 Å². The van der Waals surface area contributed by atoms with Crippen molar-refractivity contribution in [3.63, 3.8) is 0 Å². The van der Waals surface area contributed by atoms with Crippen LogP contribution in [0.3, 0.4) is 0 Å².